The number of carbonyl (C=O) groups excluding carboxylic acids is 1. The fourth-order valence-electron chi connectivity index (χ4n) is 3.33. The van der Waals surface area contributed by atoms with Gasteiger partial charge in [-0.05, 0) is 44.9 Å². The Bertz CT molecular complexity index is 297. The predicted molar refractivity (Wildman–Crippen MR) is 70.9 cm³/mol. The number of nitrogens with zero attached hydrogens (tertiary/aromatic N) is 1. The molecule has 0 aromatic rings. The number of nitrogens with two attached hydrogens (primary N) is 1. The number of likely N-dealkylation sites (tertiary alicyclic amines) is 1. The first-order valence-electron chi connectivity index (χ1n) is 7.14. The number of amides is 1. The van der Waals surface area contributed by atoms with Gasteiger partial charge in [0.05, 0.1) is 5.60 Å². The van der Waals surface area contributed by atoms with E-state index in [1.54, 1.807) is 0 Å². The Morgan fingerprint density at radius 1 is 1.28 bits per heavy atom. The second-order valence-corrected chi connectivity index (χ2v) is 6.59. The van der Waals surface area contributed by atoms with E-state index in [-0.39, 0.29) is 17.9 Å². The summed E-state index contributed by atoms with van der Waals surface area (Å²) in [6.45, 7) is 5.41. The van der Waals surface area contributed by atoms with Crippen molar-refractivity contribution in [3.8, 4) is 0 Å². The van der Waals surface area contributed by atoms with E-state index >= 15 is 0 Å². The van der Waals surface area contributed by atoms with Crippen molar-refractivity contribution in [2.24, 2.45) is 17.6 Å². The average Bonchev–Trinajstić information content (AvgIpc) is 2.27. The molecule has 3 unspecified atom stereocenters. The van der Waals surface area contributed by atoms with Gasteiger partial charge in [0.2, 0.25) is 5.91 Å². The second-order valence-electron chi connectivity index (χ2n) is 6.59. The molecule has 1 saturated heterocycles. The minimum atomic E-state index is -0.590. The van der Waals surface area contributed by atoms with Crippen LogP contribution in [-0.2, 0) is 4.79 Å². The van der Waals surface area contributed by atoms with E-state index in [0.717, 1.165) is 19.3 Å². The van der Waals surface area contributed by atoms with E-state index < -0.39 is 5.60 Å². The molecule has 1 amide bonds. The summed E-state index contributed by atoms with van der Waals surface area (Å²) in [6.07, 6.45) is 4.22. The lowest BCUT2D eigenvalue weighted by Crippen LogP contribution is -2.49. The third kappa shape index (κ3) is 3.23. The summed E-state index contributed by atoms with van der Waals surface area (Å²) in [5, 5.41) is 9.91. The quantitative estimate of drug-likeness (QED) is 0.737. The Hall–Kier alpha value is -0.610. The number of hydrogen-bond donors (Lipinski definition) is 2. The van der Waals surface area contributed by atoms with E-state index in [4.69, 9.17) is 5.73 Å². The maximum Gasteiger partial charge on any atom is 0.225 e. The van der Waals surface area contributed by atoms with Crippen molar-refractivity contribution in [3.05, 3.63) is 0 Å². The molecular formula is C14H26N2O2. The van der Waals surface area contributed by atoms with Gasteiger partial charge in [0.1, 0.15) is 0 Å². The molecule has 0 spiro atoms. The van der Waals surface area contributed by atoms with E-state index in [1.807, 2.05) is 11.8 Å². The number of rotatable bonds is 1. The van der Waals surface area contributed by atoms with Crippen LogP contribution in [0, 0.1) is 11.8 Å². The second kappa shape index (κ2) is 5.17. The molecule has 104 valence electrons. The van der Waals surface area contributed by atoms with Crippen molar-refractivity contribution in [1.82, 2.24) is 4.90 Å². The fraction of sp³-hybridized carbons (Fsp3) is 0.929. The summed E-state index contributed by atoms with van der Waals surface area (Å²) >= 11 is 0. The van der Waals surface area contributed by atoms with Gasteiger partial charge in [-0.2, -0.15) is 0 Å². The predicted octanol–water partition coefficient (Wildman–Crippen LogP) is 1.12. The Labute approximate surface area is 110 Å². The molecular weight excluding hydrogens is 228 g/mol. The van der Waals surface area contributed by atoms with Gasteiger partial charge in [-0.15, -0.1) is 0 Å². The van der Waals surface area contributed by atoms with Gasteiger partial charge in [0, 0.05) is 25.0 Å². The van der Waals surface area contributed by atoms with Crippen molar-refractivity contribution in [3.63, 3.8) is 0 Å². The molecule has 3 N–H and O–H groups in total. The highest BCUT2D eigenvalue weighted by Gasteiger charge is 2.35. The first kappa shape index (κ1) is 13.8. The van der Waals surface area contributed by atoms with Crippen molar-refractivity contribution < 1.29 is 9.90 Å². The van der Waals surface area contributed by atoms with Crippen LogP contribution in [0.15, 0.2) is 0 Å². The van der Waals surface area contributed by atoms with E-state index in [0.29, 0.717) is 31.8 Å². The van der Waals surface area contributed by atoms with Gasteiger partial charge in [-0.25, -0.2) is 0 Å². The number of carbonyl (C=O) groups is 1. The van der Waals surface area contributed by atoms with Crippen molar-refractivity contribution >= 4 is 5.91 Å². The Kier molecular flexibility index (Phi) is 3.97. The van der Waals surface area contributed by atoms with Crippen LogP contribution in [0.25, 0.3) is 0 Å². The van der Waals surface area contributed by atoms with Crippen LogP contribution in [-0.4, -0.2) is 40.6 Å². The molecule has 2 fully saturated rings. The lowest BCUT2D eigenvalue weighted by Gasteiger charge is -2.39. The van der Waals surface area contributed by atoms with E-state index in [9.17, 15) is 9.90 Å². The highest BCUT2D eigenvalue weighted by molar-refractivity contribution is 5.79. The maximum absolute atomic E-state index is 12.4. The molecule has 0 aromatic heterocycles. The molecule has 1 heterocycles. The fourth-order valence-corrected chi connectivity index (χ4v) is 3.33. The van der Waals surface area contributed by atoms with Crippen LogP contribution in [0.3, 0.4) is 0 Å². The van der Waals surface area contributed by atoms with Crippen molar-refractivity contribution in [2.45, 2.75) is 57.6 Å². The molecule has 1 aliphatic carbocycles. The average molecular weight is 254 g/mol. The van der Waals surface area contributed by atoms with Crippen LogP contribution in [0.4, 0.5) is 0 Å². The number of hydrogen-bond acceptors (Lipinski definition) is 3. The zero-order valence-electron chi connectivity index (χ0n) is 11.6. The molecule has 4 heteroatoms. The monoisotopic (exact) mass is 254 g/mol. The molecule has 18 heavy (non-hydrogen) atoms. The van der Waals surface area contributed by atoms with Crippen LogP contribution in [0.2, 0.25) is 0 Å². The van der Waals surface area contributed by atoms with Crippen LogP contribution >= 0.6 is 0 Å². The first-order chi connectivity index (χ1) is 8.37. The Morgan fingerprint density at radius 2 is 1.89 bits per heavy atom. The smallest absolute Gasteiger partial charge is 0.225 e. The molecule has 2 rings (SSSR count). The molecule has 2 aliphatic rings. The standard InChI is InChI=1S/C14H26N2O2/c1-10-7-11(9-12(15)8-10)13(17)16-5-3-14(2,18)4-6-16/h10-12,18H,3-9,15H2,1-2H3. The maximum atomic E-state index is 12.4. The molecule has 0 radical (unpaired) electrons. The topological polar surface area (TPSA) is 66.6 Å². The third-order valence-corrected chi connectivity index (χ3v) is 4.48. The van der Waals surface area contributed by atoms with Gasteiger partial charge in [0.15, 0.2) is 0 Å². The zero-order chi connectivity index (χ0) is 13.3. The van der Waals surface area contributed by atoms with Crippen molar-refractivity contribution in [2.75, 3.05) is 13.1 Å². The molecule has 4 nitrogen and oxygen atoms in total. The first-order valence-corrected chi connectivity index (χ1v) is 7.14. The van der Waals surface area contributed by atoms with Crippen molar-refractivity contribution in [1.29, 1.82) is 0 Å². The summed E-state index contributed by atoms with van der Waals surface area (Å²) in [4.78, 5) is 14.4. The minimum Gasteiger partial charge on any atom is -0.390 e. The zero-order valence-corrected chi connectivity index (χ0v) is 11.6. The van der Waals surface area contributed by atoms with Gasteiger partial charge in [0.25, 0.3) is 0 Å². The summed E-state index contributed by atoms with van der Waals surface area (Å²) in [6, 6.07) is 0.176. The molecule has 0 aromatic carbocycles. The van der Waals surface area contributed by atoms with E-state index in [2.05, 4.69) is 6.92 Å². The molecule has 1 aliphatic heterocycles. The lowest BCUT2D eigenvalue weighted by atomic mass is 9.79. The van der Waals surface area contributed by atoms with Crippen LogP contribution < -0.4 is 5.73 Å². The highest BCUT2D eigenvalue weighted by Crippen LogP contribution is 2.31. The van der Waals surface area contributed by atoms with Gasteiger partial charge in [-0.1, -0.05) is 6.92 Å². The Balaban J connectivity index is 1.91. The van der Waals surface area contributed by atoms with E-state index in [1.165, 1.54) is 0 Å². The summed E-state index contributed by atoms with van der Waals surface area (Å²) in [7, 11) is 0. The van der Waals surface area contributed by atoms with Gasteiger partial charge >= 0.3 is 0 Å². The lowest BCUT2D eigenvalue weighted by molar-refractivity contribution is -0.141. The van der Waals surface area contributed by atoms with Gasteiger partial charge < -0.3 is 15.7 Å². The van der Waals surface area contributed by atoms with Crippen LogP contribution in [0.5, 0.6) is 0 Å². The summed E-state index contributed by atoms with van der Waals surface area (Å²) < 4.78 is 0. The number of piperidine rings is 1. The molecule has 0 bridgehead atoms. The molecule has 3 atom stereocenters. The third-order valence-electron chi connectivity index (χ3n) is 4.48. The largest absolute Gasteiger partial charge is 0.390 e. The minimum absolute atomic E-state index is 0.104. The van der Waals surface area contributed by atoms with Crippen LogP contribution in [0.1, 0.15) is 46.0 Å². The normalized spacial score (nSPS) is 36.4. The number of aliphatic hydroxyl groups is 1. The molecule has 1 saturated carbocycles. The summed E-state index contributed by atoms with van der Waals surface area (Å²) in [5.41, 5.74) is 5.42. The SMILES string of the molecule is CC1CC(N)CC(C(=O)N2CCC(C)(O)CC2)C1. The van der Waals surface area contributed by atoms with Gasteiger partial charge in [-0.3, -0.25) is 4.79 Å². The highest BCUT2D eigenvalue weighted by atomic mass is 16.3. The Morgan fingerprint density at radius 3 is 2.44 bits per heavy atom. The summed E-state index contributed by atoms with van der Waals surface area (Å²) in [5.74, 6) is 0.912.